The van der Waals surface area contributed by atoms with E-state index in [1.165, 1.54) is 11.6 Å². The Labute approximate surface area is 221 Å². The number of amides is 1. The van der Waals surface area contributed by atoms with Gasteiger partial charge in [-0.3, -0.25) is 9.36 Å². The first-order valence-electron chi connectivity index (χ1n) is 12.5. The third kappa shape index (κ3) is 5.16. The van der Waals surface area contributed by atoms with Crippen LogP contribution in [0.3, 0.4) is 0 Å². The normalized spacial score (nSPS) is 13.5. The van der Waals surface area contributed by atoms with Crippen molar-refractivity contribution in [2.24, 2.45) is 0 Å². The van der Waals surface area contributed by atoms with Gasteiger partial charge >= 0.3 is 0 Å². The number of ether oxygens (including phenoxy) is 2. The lowest BCUT2D eigenvalue weighted by Gasteiger charge is -2.31. The van der Waals surface area contributed by atoms with Gasteiger partial charge < -0.3 is 25.0 Å². The number of methoxy groups -OCH3 is 1. The van der Waals surface area contributed by atoms with Gasteiger partial charge in [-0.25, -0.2) is 9.97 Å². The molecule has 1 amide bonds. The zero-order chi connectivity index (χ0) is 26.6. The molecule has 0 bridgehead atoms. The second-order valence-electron chi connectivity index (χ2n) is 9.25. The number of rotatable bonds is 8. The van der Waals surface area contributed by atoms with Gasteiger partial charge in [-0.05, 0) is 35.8 Å². The lowest BCUT2D eigenvalue weighted by molar-refractivity contribution is -0.111. The predicted octanol–water partition coefficient (Wildman–Crippen LogP) is 4.65. The summed E-state index contributed by atoms with van der Waals surface area (Å²) in [4.78, 5) is 28.1. The Hall–Kier alpha value is -4.44. The largest absolute Gasteiger partial charge is 0.494 e. The van der Waals surface area contributed by atoms with Crippen LogP contribution in [0.5, 0.6) is 5.75 Å². The van der Waals surface area contributed by atoms with Gasteiger partial charge in [-0.15, -0.1) is 0 Å². The van der Waals surface area contributed by atoms with Crippen LogP contribution in [0.15, 0.2) is 61.6 Å². The fourth-order valence-corrected chi connectivity index (χ4v) is 4.38. The molecule has 0 aliphatic carbocycles. The predicted molar refractivity (Wildman–Crippen MR) is 149 cm³/mol. The van der Waals surface area contributed by atoms with Crippen LogP contribution in [-0.2, 0) is 9.53 Å². The summed E-state index contributed by atoms with van der Waals surface area (Å²) in [5.41, 5.74) is 5.64. The highest BCUT2D eigenvalue weighted by molar-refractivity contribution is 6.02. The third-order valence-electron chi connectivity index (χ3n) is 6.49. The molecule has 10 nitrogen and oxygen atoms in total. The first-order valence-corrected chi connectivity index (χ1v) is 12.5. The molecule has 1 aliphatic heterocycles. The number of benzene rings is 2. The standard InChI is InChI=1S/C28H31N7O3/c1-5-26(36)31-21-14-22(25(37-4)15-24(21)34-10-12-38-13-11-34)32-28-29-16-23-27(33-28)35(17-30-23)20-8-6-19(7-9-20)18(2)3/h5-9,14-18H,1,10-13H2,2-4H3,(H,31,36)(H,29,32,33). The average Bonchev–Trinajstić information content (AvgIpc) is 3.37. The summed E-state index contributed by atoms with van der Waals surface area (Å²) in [7, 11) is 1.60. The van der Waals surface area contributed by atoms with E-state index in [0.29, 0.717) is 66.5 Å². The number of imidazole rings is 1. The Morgan fingerprint density at radius 2 is 1.89 bits per heavy atom. The highest BCUT2D eigenvalue weighted by atomic mass is 16.5. The molecule has 3 heterocycles. The smallest absolute Gasteiger partial charge is 0.247 e. The van der Waals surface area contributed by atoms with Crippen LogP contribution in [0.4, 0.5) is 23.0 Å². The maximum absolute atomic E-state index is 12.2. The molecule has 10 heteroatoms. The summed E-state index contributed by atoms with van der Waals surface area (Å²) in [6.07, 6.45) is 4.67. The maximum atomic E-state index is 12.2. The molecule has 1 aliphatic rings. The molecule has 0 spiro atoms. The number of morpholine rings is 1. The van der Waals surface area contributed by atoms with Crippen molar-refractivity contribution >= 4 is 40.1 Å². The minimum absolute atomic E-state index is 0.305. The van der Waals surface area contributed by atoms with E-state index < -0.39 is 0 Å². The van der Waals surface area contributed by atoms with Crippen LogP contribution >= 0.6 is 0 Å². The van der Waals surface area contributed by atoms with E-state index in [2.05, 4.69) is 70.2 Å². The van der Waals surface area contributed by atoms with E-state index in [0.717, 1.165) is 11.4 Å². The summed E-state index contributed by atoms with van der Waals surface area (Å²) < 4.78 is 13.1. The summed E-state index contributed by atoms with van der Waals surface area (Å²) in [5, 5.41) is 6.17. The van der Waals surface area contributed by atoms with Crippen molar-refractivity contribution < 1.29 is 14.3 Å². The number of aromatic nitrogens is 4. The molecule has 2 aromatic heterocycles. The Morgan fingerprint density at radius 3 is 2.58 bits per heavy atom. The Balaban J connectivity index is 1.50. The van der Waals surface area contributed by atoms with E-state index in [9.17, 15) is 4.79 Å². The molecule has 2 N–H and O–H groups in total. The number of nitrogens with one attached hydrogen (secondary N) is 2. The van der Waals surface area contributed by atoms with Gasteiger partial charge in [0, 0.05) is 24.8 Å². The van der Waals surface area contributed by atoms with E-state index in [4.69, 9.17) is 14.5 Å². The third-order valence-corrected chi connectivity index (χ3v) is 6.49. The number of hydrogen-bond donors (Lipinski definition) is 2. The molecule has 0 saturated carbocycles. The molecular formula is C28H31N7O3. The van der Waals surface area contributed by atoms with Crippen LogP contribution in [0.2, 0.25) is 0 Å². The van der Waals surface area contributed by atoms with Crippen LogP contribution in [-0.4, -0.2) is 58.8 Å². The van der Waals surface area contributed by atoms with Crippen LogP contribution in [0.1, 0.15) is 25.3 Å². The van der Waals surface area contributed by atoms with Gasteiger partial charge in [-0.1, -0.05) is 32.6 Å². The molecule has 0 unspecified atom stereocenters. The van der Waals surface area contributed by atoms with Crippen LogP contribution < -0.4 is 20.3 Å². The molecule has 196 valence electrons. The number of fused-ring (bicyclic) bond motifs is 1. The zero-order valence-electron chi connectivity index (χ0n) is 21.8. The number of carbonyl (C=O) groups is 1. The molecule has 4 aromatic rings. The molecule has 38 heavy (non-hydrogen) atoms. The van der Waals surface area contributed by atoms with Crippen LogP contribution in [0, 0.1) is 0 Å². The Kier molecular flexibility index (Phi) is 7.23. The van der Waals surface area contributed by atoms with Crippen molar-refractivity contribution in [3.8, 4) is 11.4 Å². The first kappa shape index (κ1) is 25.2. The van der Waals surface area contributed by atoms with Gasteiger partial charge in [-0.2, -0.15) is 4.98 Å². The summed E-state index contributed by atoms with van der Waals surface area (Å²) >= 11 is 0. The topological polar surface area (TPSA) is 106 Å². The quantitative estimate of drug-likeness (QED) is 0.328. The van der Waals surface area contributed by atoms with Crippen LogP contribution in [0.25, 0.3) is 16.9 Å². The Bertz CT molecular complexity index is 1460. The van der Waals surface area contributed by atoms with Crippen molar-refractivity contribution in [3.63, 3.8) is 0 Å². The lowest BCUT2D eigenvalue weighted by Crippen LogP contribution is -2.36. The summed E-state index contributed by atoms with van der Waals surface area (Å²) in [6, 6.07) is 12.1. The fourth-order valence-electron chi connectivity index (χ4n) is 4.38. The maximum Gasteiger partial charge on any atom is 0.247 e. The van der Waals surface area contributed by atoms with Crippen molar-refractivity contribution in [2.45, 2.75) is 19.8 Å². The number of anilines is 4. The average molecular weight is 514 g/mol. The monoisotopic (exact) mass is 513 g/mol. The fraction of sp³-hybridized carbons (Fsp3) is 0.286. The van der Waals surface area contributed by atoms with E-state index in [1.807, 2.05) is 16.7 Å². The zero-order valence-corrected chi connectivity index (χ0v) is 21.8. The summed E-state index contributed by atoms with van der Waals surface area (Å²) in [6.45, 7) is 10.5. The van der Waals surface area contributed by atoms with Crippen molar-refractivity contribution in [2.75, 3.05) is 48.9 Å². The van der Waals surface area contributed by atoms with Gasteiger partial charge in [0.2, 0.25) is 11.9 Å². The minimum atomic E-state index is -0.305. The molecule has 2 aromatic carbocycles. The SMILES string of the molecule is C=CC(=O)Nc1cc(Nc2ncc3ncn(-c4ccc(C(C)C)cc4)c3n2)c(OC)cc1N1CCOCC1. The van der Waals surface area contributed by atoms with Gasteiger partial charge in [0.05, 0.1) is 43.6 Å². The number of carbonyl (C=O) groups excluding carboxylic acids is 1. The second kappa shape index (κ2) is 10.9. The highest BCUT2D eigenvalue weighted by Gasteiger charge is 2.20. The van der Waals surface area contributed by atoms with E-state index in [1.54, 1.807) is 19.6 Å². The van der Waals surface area contributed by atoms with Crippen molar-refractivity contribution in [1.29, 1.82) is 0 Å². The van der Waals surface area contributed by atoms with Gasteiger partial charge in [0.15, 0.2) is 5.65 Å². The molecular weight excluding hydrogens is 482 g/mol. The van der Waals surface area contributed by atoms with E-state index >= 15 is 0 Å². The molecule has 1 fully saturated rings. The minimum Gasteiger partial charge on any atom is -0.494 e. The number of nitrogens with zero attached hydrogens (tertiary/aromatic N) is 5. The van der Waals surface area contributed by atoms with Crippen molar-refractivity contribution in [3.05, 3.63) is 67.1 Å². The highest BCUT2D eigenvalue weighted by Crippen LogP contribution is 2.38. The van der Waals surface area contributed by atoms with Crippen molar-refractivity contribution in [1.82, 2.24) is 19.5 Å². The summed E-state index contributed by atoms with van der Waals surface area (Å²) in [5.74, 6) is 1.11. The van der Waals surface area contributed by atoms with Gasteiger partial charge in [0.25, 0.3) is 0 Å². The van der Waals surface area contributed by atoms with Gasteiger partial charge in [0.1, 0.15) is 17.6 Å². The lowest BCUT2D eigenvalue weighted by atomic mass is 10.0. The molecule has 1 saturated heterocycles. The first-order chi connectivity index (χ1) is 18.5. The Morgan fingerprint density at radius 1 is 1.13 bits per heavy atom. The second-order valence-corrected chi connectivity index (χ2v) is 9.25. The molecule has 0 atom stereocenters. The molecule has 5 rings (SSSR count). The molecule has 0 radical (unpaired) electrons. The number of hydrogen-bond acceptors (Lipinski definition) is 8. The van der Waals surface area contributed by atoms with E-state index in [-0.39, 0.29) is 5.91 Å².